The molecule has 0 unspecified atom stereocenters. The van der Waals surface area contributed by atoms with Crippen LogP contribution < -0.4 is 5.32 Å². The molecule has 0 radical (unpaired) electrons. The van der Waals surface area contributed by atoms with Crippen LogP contribution in [0.5, 0.6) is 0 Å². The van der Waals surface area contributed by atoms with Gasteiger partial charge in [0.2, 0.25) is 0 Å². The summed E-state index contributed by atoms with van der Waals surface area (Å²) in [6.45, 7) is 1.63. The molecule has 1 saturated heterocycles. The molecule has 2 aromatic carbocycles. The highest BCUT2D eigenvalue weighted by Crippen LogP contribution is 2.28. The van der Waals surface area contributed by atoms with Gasteiger partial charge in [-0.15, -0.1) is 0 Å². The predicted octanol–water partition coefficient (Wildman–Crippen LogP) is 5.03. The largest absolute Gasteiger partial charge is 0.381 e. The van der Waals surface area contributed by atoms with Crippen molar-refractivity contribution in [2.24, 2.45) is 7.05 Å². The van der Waals surface area contributed by atoms with Gasteiger partial charge in [0.25, 0.3) is 5.91 Å². The Hall–Kier alpha value is -2.71. The first kappa shape index (κ1) is 21.5. The molecule has 1 N–H and O–H groups in total. The molecule has 5 nitrogen and oxygen atoms in total. The number of amides is 1. The van der Waals surface area contributed by atoms with E-state index in [9.17, 15) is 13.6 Å². The number of hydrogen-bond donors (Lipinski definition) is 1. The second kappa shape index (κ2) is 9.62. The molecule has 0 spiro atoms. The molecule has 162 valence electrons. The molecule has 1 amide bonds. The molecule has 1 aromatic heterocycles. The minimum atomic E-state index is -0.764. The summed E-state index contributed by atoms with van der Waals surface area (Å²) in [5.41, 5.74) is 2.24. The van der Waals surface area contributed by atoms with Crippen molar-refractivity contribution in [2.45, 2.75) is 23.8 Å². The van der Waals surface area contributed by atoms with Gasteiger partial charge in [-0.05, 0) is 42.7 Å². The Morgan fingerprint density at radius 2 is 2.03 bits per heavy atom. The van der Waals surface area contributed by atoms with E-state index < -0.39 is 17.5 Å². The summed E-state index contributed by atoms with van der Waals surface area (Å²) in [6.07, 6.45) is 3.65. The maximum Gasteiger partial charge on any atom is 0.259 e. The Morgan fingerprint density at radius 3 is 2.81 bits per heavy atom. The van der Waals surface area contributed by atoms with E-state index in [-0.39, 0.29) is 16.8 Å². The highest BCUT2D eigenvalue weighted by atomic mass is 32.2. The standard InChI is InChI=1S/C23H23F2N3O2S/c1-28-13-20(22(27-28)19-6-5-16(24)12-21(19)25)23(29)26-17-4-2-3-15(11-17)14-31-18-7-9-30-10-8-18/h2-6,11-13,18H,7-10,14H2,1H3,(H,26,29). The molecule has 0 saturated carbocycles. The van der Waals surface area contributed by atoms with Crippen LogP contribution in [-0.2, 0) is 17.5 Å². The molecule has 4 rings (SSSR count). The number of ether oxygens (including phenoxy) is 1. The molecule has 1 fully saturated rings. The molecule has 8 heteroatoms. The molecule has 0 atom stereocenters. The average molecular weight is 444 g/mol. The maximum atomic E-state index is 14.3. The maximum absolute atomic E-state index is 14.3. The summed E-state index contributed by atoms with van der Waals surface area (Å²) in [4.78, 5) is 12.9. The number of halogens is 2. The number of carbonyl (C=O) groups is 1. The van der Waals surface area contributed by atoms with E-state index in [2.05, 4.69) is 10.4 Å². The third-order valence-corrected chi connectivity index (χ3v) is 6.54. The van der Waals surface area contributed by atoms with E-state index in [0.29, 0.717) is 10.9 Å². The van der Waals surface area contributed by atoms with E-state index in [0.717, 1.165) is 49.5 Å². The lowest BCUT2D eigenvalue weighted by Crippen LogP contribution is -2.17. The summed E-state index contributed by atoms with van der Waals surface area (Å²) in [5.74, 6) is -0.993. The van der Waals surface area contributed by atoms with Gasteiger partial charge >= 0.3 is 0 Å². The van der Waals surface area contributed by atoms with Crippen LogP contribution in [-0.4, -0.2) is 34.2 Å². The van der Waals surface area contributed by atoms with Crippen molar-refractivity contribution < 1.29 is 18.3 Å². The quantitative estimate of drug-likeness (QED) is 0.581. The van der Waals surface area contributed by atoms with E-state index in [1.165, 1.54) is 16.9 Å². The topological polar surface area (TPSA) is 56.2 Å². The zero-order valence-corrected chi connectivity index (χ0v) is 17.9. The van der Waals surface area contributed by atoms with Crippen molar-refractivity contribution in [3.63, 3.8) is 0 Å². The predicted molar refractivity (Wildman–Crippen MR) is 118 cm³/mol. The van der Waals surface area contributed by atoms with E-state index in [4.69, 9.17) is 4.74 Å². The zero-order valence-electron chi connectivity index (χ0n) is 17.1. The van der Waals surface area contributed by atoms with E-state index >= 15 is 0 Å². The molecular weight excluding hydrogens is 420 g/mol. The monoisotopic (exact) mass is 443 g/mol. The van der Waals surface area contributed by atoms with Gasteiger partial charge in [-0.1, -0.05) is 12.1 Å². The zero-order chi connectivity index (χ0) is 21.8. The second-order valence-corrected chi connectivity index (χ2v) is 8.76. The number of nitrogens with zero attached hydrogens (tertiary/aromatic N) is 2. The van der Waals surface area contributed by atoms with Gasteiger partial charge in [-0.25, -0.2) is 8.78 Å². The van der Waals surface area contributed by atoms with Gasteiger partial charge in [0, 0.05) is 54.8 Å². The Bertz CT molecular complexity index is 1080. The Labute approximate surface area is 183 Å². The Morgan fingerprint density at radius 1 is 1.23 bits per heavy atom. The molecule has 1 aliphatic rings. The van der Waals surface area contributed by atoms with Crippen LogP contribution in [0.4, 0.5) is 14.5 Å². The Kier molecular flexibility index (Phi) is 6.67. The number of rotatable bonds is 6. The summed E-state index contributed by atoms with van der Waals surface area (Å²) in [5, 5.41) is 7.68. The number of benzene rings is 2. The van der Waals surface area contributed by atoms with Gasteiger partial charge in [0.05, 0.1) is 5.56 Å². The Balaban J connectivity index is 1.49. The minimum Gasteiger partial charge on any atom is -0.381 e. The SMILES string of the molecule is Cn1cc(C(=O)Nc2cccc(CSC3CCOCC3)c2)c(-c2ccc(F)cc2F)n1. The fourth-order valence-electron chi connectivity index (χ4n) is 3.53. The number of thioether (sulfide) groups is 1. The van der Waals surface area contributed by atoms with E-state index in [1.807, 2.05) is 36.0 Å². The van der Waals surface area contributed by atoms with Crippen LogP contribution in [0.2, 0.25) is 0 Å². The fourth-order valence-corrected chi connectivity index (χ4v) is 4.66. The number of carbonyl (C=O) groups excluding carboxylic acids is 1. The van der Waals surface area contributed by atoms with Crippen molar-refractivity contribution in [3.05, 3.63) is 71.4 Å². The molecular formula is C23H23F2N3O2S. The molecule has 0 bridgehead atoms. The van der Waals surface area contributed by atoms with Crippen LogP contribution >= 0.6 is 11.8 Å². The minimum absolute atomic E-state index is 0.0776. The lowest BCUT2D eigenvalue weighted by Gasteiger charge is -2.21. The number of nitrogens with one attached hydrogen (secondary N) is 1. The first-order valence-electron chi connectivity index (χ1n) is 10.1. The molecule has 1 aliphatic heterocycles. The van der Waals surface area contributed by atoms with Crippen molar-refractivity contribution in [1.82, 2.24) is 9.78 Å². The summed E-state index contributed by atoms with van der Waals surface area (Å²) >= 11 is 1.90. The van der Waals surface area contributed by atoms with Crippen molar-refractivity contribution in [1.29, 1.82) is 0 Å². The fraction of sp³-hybridized carbons (Fsp3) is 0.304. The smallest absolute Gasteiger partial charge is 0.259 e. The summed E-state index contributed by atoms with van der Waals surface area (Å²) < 4.78 is 34.4. The van der Waals surface area contributed by atoms with Crippen LogP contribution in [0, 0.1) is 11.6 Å². The van der Waals surface area contributed by atoms with Crippen LogP contribution in [0.25, 0.3) is 11.3 Å². The number of hydrogen-bond acceptors (Lipinski definition) is 4. The van der Waals surface area contributed by atoms with Gasteiger partial charge in [0.1, 0.15) is 17.3 Å². The number of anilines is 1. The highest BCUT2D eigenvalue weighted by Gasteiger charge is 2.20. The number of aromatic nitrogens is 2. The molecule has 31 heavy (non-hydrogen) atoms. The van der Waals surface area contributed by atoms with Crippen molar-refractivity contribution >= 4 is 23.4 Å². The normalized spacial score (nSPS) is 14.5. The average Bonchev–Trinajstić information content (AvgIpc) is 3.15. The molecule has 3 aromatic rings. The van der Waals surface area contributed by atoms with Crippen LogP contribution in [0.15, 0.2) is 48.7 Å². The first-order chi connectivity index (χ1) is 15.0. The van der Waals surface area contributed by atoms with Gasteiger partial charge in [-0.3, -0.25) is 9.48 Å². The van der Waals surface area contributed by atoms with Crippen molar-refractivity contribution in [3.8, 4) is 11.3 Å². The van der Waals surface area contributed by atoms with E-state index in [1.54, 1.807) is 7.05 Å². The van der Waals surface area contributed by atoms with Gasteiger partial charge in [0.15, 0.2) is 0 Å². The van der Waals surface area contributed by atoms with Gasteiger partial charge < -0.3 is 10.1 Å². The lowest BCUT2D eigenvalue weighted by molar-refractivity contribution is 0.1000. The number of aryl methyl sites for hydroxylation is 1. The molecule has 2 heterocycles. The summed E-state index contributed by atoms with van der Waals surface area (Å²) in [6, 6.07) is 10.9. The third-order valence-electron chi connectivity index (χ3n) is 5.10. The second-order valence-electron chi connectivity index (χ2n) is 7.47. The summed E-state index contributed by atoms with van der Waals surface area (Å²) in [7, 11) is 1.65. The third kappa shape index (κ3) is 5.32. The van der Waals surface area contributed by atoms with Crippen molar-refractivity contribution in [2.75, 3.05) is 18.5 Å². The van der Waals surface area contributed by atoms with Crippen LogP contribution in [0.3, 0.4) is 0 Å². The first-order valence-corrected chi connectivity index (χ1v) is 11.1. The molecule has 0 aliphatic carbocycles. The highest BCUT2D eigenvalue weighted by molar-refractivity contribution is 7.99. The van der Waals surface area contributed by atoms with Gasteiger partial charge in [-0.2, -0.15) is 16.9 Å². The lowest BCUT2D eigenvalue weighted by atomic mass is 10.1. The van der Waals surface area contributed by atoms with Crippen LogP contribution in [0.1, 0.15) is 28.8 Å².